The van der Waals surface area contributed by atoms with Gasteiger partial charge in [0.2, 0.25) is 5.91 Å². The fourth-order valence-corrected chi connectivity index (χ4v) is 0.902. The Balaban J connectivity index is 3.64. The molecule has 0 aliphatic rings. The maximum Gasteiger partial charge on any atom is 0.309 e. The van der Waals surface area contributed by atoms with Crippen molar-refractivity contribution >= 4 is 11.9 Å². The molecular formula is C9H17NO3. The molecule has 0 radical (unpaired) electrons. The summed E-state index contributed by atoms with van der Waals surface area (Å²) < 4.78 is 0. The van der Waals surface area contributed by atoms with Gasteiger partial charge in [0.15, 0.2) is 0 Å². The van der Waals surface area contributed by atoms with Crippen LogP contribution in [0.25, 0.3) is 0 Å². The minimum absolute atomic E-state index is 0.0758. The van der Waals surface area contributed by atoms with Crippen molar-refractivity contribution in [3.05, 3.63) is 0 Å². The highest BCUT2D eigenvalue weighted by Gasteiger charge is 2.25. The van der Waals surface area contributed by atoms with E-state index in [0.717, 1.165) is 0 Å². The van der Waals surface area contributed by atoms with Crippen molar-refractivity contribution in [1.29, 1.82) is 0 Å². The van der Waals surface area contributed by atoms with Crippen molar-refractivity contribution in [2.24, 2.45) is 5.41 Å². The van der Waals surface area contributed by atoms with Gasteiger partial charge in [0.05, 0.1) is 5.41 Å². The Hall–Kier alpha value is -1.06. The third-order valence-electron chi connectivity index (χ3n) is 1.93. The van der Waals surface area contributed by atoms with E-state index < -0.39 is 11.4 Å². The largest absolute Gasteiger partial charge is 0.481 e. The molecular weight excluding hydrogens is 170 g/mol. The van der Waals surface area contributed by atoms with Crippen LogP contribution in [0.5, 0.6) is 0 Å². The summed E-state index contributed by atoms with van der Waals surface area (Å²) in [6.45, 7) is 5.36. The number of amides is 1. The molecule has 0 aromatic rings. The van der Waals surface area contributed by atoms with Gasteiger partial charge < -0.3 is 10.4 Å². The molecule has 0 saturated heterocycles. The first-order valence-electron chi connectivity index (χ1n) is 4.34. The molecule has 0 heterocycles. The lowest BCUT2D eigenvalue weighted by molar-refractivity contribution is -0.147. The zero-order valence-corrected chi connectivity index (χ0v) is 8.39. The third-order valence-corrected chi connectivity index (χ3v) is 1.93. The van der Waals surface area contributed by atoms with E-state index in [-0.39, 0.29) is 5.91 Å². The number of hydrogen-bond acceptors (Lipinski definition) is 2. The van der Waals surface area contributed by atoms with Gasteiger partial charge >= 0.3 is 5.97 Å². The number of nitrogens with one attached hydrogen (secondary N) is 1. The van der Waals surface area contributed by atoms with Crippen LogP contribution < -0.4 is 5.32 Å². The van der Waals surface area contributed by atoms with Gasteiger partial charge in [-0.05, 0) is 26.7 Å². The number of hydrogen-bond donors (Lipinski definition) is 2. The molecule has 0 fully saturated rings. The molecule has 13 heavy (non-hydrogen) atoms. The second-order valence-electron chi connectivity index (χ2n) is 3.78. The summed E-state index contributed by atoms with van der Waals surface area (Å²) >= 11 is 0. The molecule has 0 bridgehead atoms. The lowest BCUT2D eigenvalue weighted by Gasteiger charge is -2.18. The van der Waals surface area contributed by atoms with Crippen LogP contribution in [0.1, 0.15) is 33.6 Å². The fourth-order valence-electron chi connectivity index (χ4n) is 0.902. The smallest absolute Gasteiger partial charge is 0.309 e. The molecule has 4 nitrogen and oxygen atoms in total. The maximum atomic E-state index is 10.7. The van der Waals surface area contributed by atoms with E-state index in [1.54, 1.807) is 13.8 Å². The van der Waals surface area contributed by atoms with Crippen molar-refractivity contribution in [2.75, 3.05) is 6.54 Å². The van der Waals surface area contributed by atoms with Crippen LogP contribution in [0, 0.1) is 5.41 Å². The summed E-state index contributed by atoms with van der Waals surface area (Å²) in [5.74, 6) is -0.872. The molecule has 2 N–H and O–H groups in total. The molecule has 4 heteroatoms. The van der Waals surface area contributed by atoms with E-state index in [9.17, 15) is 9.59 Å². The van der Waals surface area contributed by atoms with Gasteiger partial charge in [-0.15, -0.1) is 0 Å². The second kappa shape index (κ2) is 4.84. The number of aliphatic carboxylic acids is 1. The van der Waals surface area contributed by atoms with Crippen molar-refractivity contribution in [3.8, 4) is 0 Å². The van der Waals surface area contributed by atoms with Crippen LogP contribution in [0.15, 0.2) is 0 Å². The lowest BCUT2D eigenvalue weighted by Crippen LogP contribution is -2.27. The molecule has 76 valence electrons. The quantitative estimate of drug-likeness (QED) is 0.631. The van der Waals surface area contributed by atoms with Crippen LogP contribution in [0.3, 0.4) is 0 Å². The van der Waals surface area contributed by atoms with Gasteiger partial charge in [0, 0.05) is 13.5 Å². The summed E-state index contributed by atoms with van der Waals surface area (Å²) in [4.78, 5) is 21.1. The molecule has 0 aromatic carbocycles. The molecule has 0 rings (SSSR count). The summed E-state index contributed by atoms with van der Waals surface area (Å²) in [5, 5.41) is 11.4. The Morgan fingerprint density at radius 1 is 1.38 bits per heavy atom. The summed E-state index contributed by atoms with van der Waals surface area (Å²) in [7, 11) is 0. The van der Waals surface area contributed by atoms with Crippen LogP contribution in [-0.4, -0.2) is 23.5 Å². The average Bonchev–Trinajstić information content (AvgIpc) is 1.97. The number of carboxylic acid groups (broad SMARTS) is 1. The van der Waals surface area contributed by atoms with Crippen molar-refractivity contribution in [1.82, 2.24) is 5.32 Å². The predicted molar refractivity (Wildman–Crippen MR) is 49.3 cm³/mol. The maximum absolute atomic E-state index is 10.7. The van der Waals surface area contributed by atoms with Gasteiger partial charge in [-0.25, -0.2) is 0 Å². The van der Waals surface area contributed by atoms with Crippen LogP contribution in [0.4, 0.5) is 0 Å². The highest BCUT2D eigenvalue weighted by molar-refractivity contribution is 5.73. The van der Waals surface area contributed by atoms with Crippen molar-refractivity contribution in [2.45, 2.75) is 33.6 Å². The average molecular weight is 187 g/mol. The highest BCUT2D eigenvalue weighted by atomic mass is 16.4. The van der Waals surface area contributed by atoms with Crippen LogP contribution >= 0.6 is 0 Å². The molecule has 0 aliphatic carbocycles. The highest BCUT2D eigenvalue weighted by Crippen LogP contribution is 2.21. The first kappa shape index (κ1) is 11.9. The van der Waals surface area contributed by atoms with Gasteiger partial charge in [0.1, 0.15) is 0 Å². The normalized spacial score (nSPS) is 11.0. The minimum Gasteiger partial charge on any atom is -0.481 e. The Labute approximate surface area is 78.3 Å². The third kappa shape index (κ3) is 5.22. The second-order valence-corrected chi connectivity index (χ2v) is 3.78. The molecule has 1 amide bonds. The lowest BCUT2D eigenvalue weighted by atomic mass is 9.88. The SMILES string of the molecule is CC(=O)NCCCC(C)(C)C(=O)O. The Kier molecular flexibility index (Phi) is 4.45. The molecule has 0 spiro atoms. The minimum atomic E-state index is -0.796. The topological polar surface area (TPSA) is 66.4 Å². The monoisotopic (exact) mass is 187 g/mol. The number of carboxylic acids is 1. The number of carbonyl (C=O) groups is 2. The Morgan fingerprint density at radius 3 is 2.31 bits per heavy atom. The van der Waals surface area contributed by atoms with Crippen LogP contribution in [-0.2, 0) is 9.59 Å². The first-order chi connectivity index (χ1) is 5.86. The number of carbonyl (C=O) groups excluding carboxylic acids is 1. The van der Waals surface area contributed by atoms with Gasteiger partial charge in [0.25, 0.3) is 0 Å². The van der Waals surface area contributed by atoms with Crippen molar-refractivity contribution < 1.29 is 14.7 Å². The Bertz CT molecular complexity index is 199. The summed E-state index contributed by atoms with van der Waals surface area (Å²) in [6, 6.07) is 0. The van der Waals surface area contributed by atoms with E-state index in [1.165, 1.54) is 6.92 Å². The summed E-state index contributed by atoms with van der Waals surface area (Å²) in [5.41, 5.74) is -0.696. The zero-order valence-electron chi connectivity index (χ0n) is 8.39. The van der Waals surface area contributed by atoms with E-state index in [2.05, 4.69) is 5.32 Å². The van der Waals surface area contributed by atoms with Crippen molar-refractivity contribution in [3.63, 3.8) is 0 Å². The van der Waals surface area contributed by atoms with Gasteiger partial charge in [-0.2, -0.15) is 0 Å². The summed E-state index contributed by atoms with van der Waals surface area (Å²) in [6.07, 6.45) is 1.27. The van der Waals surface area contributed by atoms with Gasteiger partial charge in [-0.1, -0.05) is 0 Å². The number of rotatable bonds is 5. The zero-order chi connectivity index (χ0) is 10.5. The van der Waals surface area contributed by atoms with E-state index in [4.69, 9.17) is 5.11 Å². The van der Waals surface area contributed by atoms with Crippen LogP contribution in [0.2, 0.25) is 0 Å². The van der Waals surface area contributed by atoms with Gasteiger partial charge in [-0.3, -0.25) is 9.59 Å². The van der Waals surface area contributed by atoms with E-state index in [1.807, 2.05) is 0 Å². The molecule has 0 saturated carbocycles. The van der Waals surface area contributed by atoms with E-state index in [0.29, 0.717) is 19.4 Å². The standard InChI is InChI=1S/C9H17NO3/c1-7(11)10-6-4-5-9(2,3)8(12)13/h4-6H2,1-3H3,(H,10,11)(H,12,13). The molecule has 0 atom stereocenters. The predicted octanol–water partition coefficient (Wildman–Crippen LogP) is 1.01. The fraction of sp³-hybridized carbons (Fsp3) is 0.778. The molecule has 0 aliphatic heterocycles. The molecule has 0 unspecified atom stereocenters. The Morgan fingerprint density at radius 2 is 1.92 bits per heavy atom. The molecule has 0 aromatic heterocycles. The van der Waals surface area contributed by atoms with E-state index >= 15 is 0 Å². The first-order valence-corrected chi connectivity index (χ1v) is 4.34.